The van der Waals surface area contributed by atoms with Gasteiger partial charge in [0.15, 0.2) is 0 Å². The maximum Gasteiger partial charge on any atom is 0.244 e. The van der Waals surface area contributed by atoms with Crippen LogP contribution in [0.15, 0.2) is 42.5 Å². The minimum Gasteiger partial charge on any atom is -0.355 e. The summed E-state index contributed by atoms with van der Waals surface area (Å²) in [5, 5.41) is 2.68. The number of likely N-dealkylation sites (N-methyl/N-ethyl adjacent to an activating group) is 1. The van der Waals surface area contributed by atoms with Gasteiger partial charge in [0.1, 0.15) is 18.4 Å². The summed E-state index contributed by atoms with van der Waals surface area (Å²) in [5.41, 5.74) is 2.72. The van der Waals surface area contributed by atoms with E-state index >= 15 is 0 Å². The van der Waals surface area contributed by atoms with E-state index in [4.69, 9.17) is 0 Å². The minimum absolute atomic E-state index is 0.0296. The zero-order valence-corrected chi connectivity index (χ0v) is 19.9. The predicted octanol–water partition coefficient (Wildman–Crippen LogP) is 2.76. The van der Waals surface area contributed by atoms with E-state index in [1.165, 1.54) is 29.2 Å². The summed E-state index contributed by atoms with van der Waals surface area (Å²) >= 11 is 0. The van der Waals surface area contributed by atoms with Gasteiger partial charge in [-0.3, -0.25) is 13.9 Å². The molecule has 0 saturated heterocycles. The molecule has 0 aliphatic heterocycles. The summed E-state index contributed by atoms with van der Waals surface area (Å²) in [4.78, 5) is 27.1. The fraction of sp³-hybridized carbons (Fsp3) is 0.391. The number of nitrogens with one attached hydrogen (secondary N) is 1. The van der Waals surface area contributed by atoms with Gasteiger partial charge in [0.05, 0.1) is 11.9 Å². The molecule has 1 atom stereocenters. The lowest BCUT2D eigenvalue weighted by molar-refractivity contribution is -0.139. The normalized spacial score (nSPS) is 12.2. The highest BCUT2D eigenvalue weighted by Gasteiger charge is 2.30. The van der Waals surface area contributed by atoms with Crippen LogP contribution in [0, 0.1) is 19.7 Å². The van der Waals surface area contributed by atoms with Crippen LogP contribution in [0.2, 0.25) is 0 Å². The Balaban J connectivity index is 2.40. The van der Waals surface area contributed by atoms with Crippen LogP contribution in [-0.4, -0.2) is 50.5 Å². The Labute approximate surface area is 189 Å². The molecule has 174 valence electrons. The van der Waals surface area contributed by atoms with Crippen LogP contribution in [-0.2, 0) is 26.2 Å². The van der Waals surface area contributed by atoms with E-state index in [1.807, 2.05) is 19.9 Å². The van der Waals surface area contributed by atoms with Gasteiger partial charge >= 0.3 is 0 Å². The Morgan fingerprint density at radius 3 is 2.12 bits per heavy atom. The quantitative estimate of drug-likeness (QED) is 0.620. The van der Waals surface area contributed by atoms with Crippen LogP contribution in [0.1, 0.15) is 30.5 Å². The maximum absolute atomic E-state index is 13.3. The Hall–Kier alpha value is -2.94. The lowest BCUT2D eigenvalue weighted by Crippen LogP contribution is -2.51. The van der Waals surface area contributed by atoms with Crippen LogP contribution < -0.4 is 9.62 Å². The van der Waals surface area contributed by atoms with Crippen molar-refractivity contribution in [2.45, 2.75) is 40.3 Å². The van der Waals surface area contributed by atoms with Crippen molar-refractivity contribution in [3.63, 3.8) is 0 Å². The van der Waals surface area contributed by atoms with Gasteiger partial charge < -0.3 is 10.2 Å². The van der Waals surface area contributed by atoms with Crippen LogP contribution >= 0.6 is 0 Å². The van der Waals surface area contributed by atoms with E-state index in [0.29, 0.717) is 17.8 Å². The number of carbonyl (C=O) groups excluding carboxylic acids is 2. The molecule has 2 aromatic carbocycles. The molecule has 2 aromatic rings. The molecule has 0 unspecified atom stereocenters. The minimum atomic E-state index is -3.78. The van der Waals surface area contributed by atoms with Crippen molar-refractivity contribution in [3.05, 3.63) is 65.0 Å². The van der Waals surface area contributed by atoms with Crippen LogP contribution in [0.5, 0.6) is 0 Å². The molecule has 1 N–H and O–H groups in total. The van der Waals surface area contributed by atoms with Gasteiger partial charge in [-0.2, -0.15) is 0 Å². The molecule has 32 heavy (non-hydrogen) atoms. The number of hydrogen-bond donors (Lipinski definition) is 1. The Morgan fingerprint density at radius 1 is 1.06 bits per heavy atom. The first-order valence-corrected chi connectivity index (χ1v) is 12.1. The number of benzene rings is 2. The number of nitrogens with zero attached hydrogens (tertiary/aromatic N) is 2. The fourth-order valence-corrected chi connectivity index (χ4v) is 4.23. The molecule has 0 aromatic heterocycles. The van der Waals surface area contributed by atoms with Gasteiger partial charge in [0.25, 0.3) is 0 Å². The first-order chi connectivity index (χ1) is 14.9. The number of carbonyl (C=O) groups is 2. The predicted molar refractivity (Wildman–Crippen MR) is 123 cm³/mol. The molecule has 0 spiro atoms. The Bertz CT molecular complexity index is 1050. The largest absolute Gasteiger partial charge is 0.355 e. The highest BCUT2D eigenvalue weighted by molar-refractivity contribution is 7.92. The summed E-state index contributed by atoms with van der Waals surface area (Å²) in [6.45, 7) is 6.98. The van der Waals surface area contributed by atoms with Crippen molar-refractivity contribution in [2.75, 3.05) is 23.7 Å². The van der Waals surface area contributed by atoms with E-state index in [2.05, 4.69) is 5.32 Å². The van der Waals surface area contributed by atoms with Crippen molar-refractivity contribution < 1.29 is 22.4 Å². The van der Waals surface area contributed by atoms with Crippen molar-refractivity contribution in [1.82, 2.24) is 10.2 Å². The summed E-state index contributed by atoms with van der Waals surface area (Å²) < 4.78 is 39.4. The number of hydrogen-bond acceptors (Lipinski definition) is 4. The average Bonchev–Trinajstić information content (AvgIpc) is 2.69. The average molecular weight is 464 g/mol. The monoisotopic (exact) mass is 463 g/mol. The van der Waals surface area contributed by atoms with Crippen LogP contribution in [0.3, 0.4) is 0 Å². The molecule has 0 aliphatic rings. The van der Waals surface area contributed by atoms with Gasteiger partial charge in [0, 0.05) is 13.1 Å². The van der Waals surface area contributed by atoms with E-state index < -0.39 is 34.3 Å². The standard InChI is InChI=1S/C23H30FN3O4S/c1-6-25-23(29)18(4)26(14-19-7-9-20(24)10-8-19)22(28)15-27(32(5,30)31)21-12-16(2)11-17(3)13-21/h7-13,18H,6,14-15H2,1-5H3,(H,25,29)/t18-/m1/s1. The molecule has 2 rings (SSSR count). The van der Waals surface area contributed by atoms with Crippen molar-refractivity contribution in [3.8, 4) is 0 Å². The Kier molecular flexibility index (Phi) is 8.38. The molecule has 9 heteroatoms. The molecule has 7 nitrogen and oxygen atoms in total. The summed E-state index contributed by atoms with van der Waals surface area (Å²) in [7, 11) is -3.78. The zero-order valence-electron chi connectivity index (χ0n) is 19.1. The second-order valence-electron chi connectivity index (χ2n) is 7.83. The first kappa shape index (κ1) is 25.3. The number of anilines is 1. The molecule has 0 aliphatic carbocycles. The third kappa shape index (κ3) is 6.78. The molecule has 0 saturated carbocycles. The van der Waals surface area contributed by atoms with Gasteiger partial charge in [-0.25, -0.2) is 12.8 Å². The maximum atomic E-state index is 13.3. The summed E-state index contributed by atoms with van der Waals surface area (Å²) in [6, 6.07) is 10.0. The van der Waals surface area contributed by atoms with Crippen molar-refractivity contribution in [1.29, 1.82) is 0 Å². The Morgan fingerprint density at radius 2 is 1.62 bits per heavy atom. The number of amides is 2. The summed E-state index contributed by atoms with van der Waals surface area (Å²) in [5.74, 6) is -1.32. The molecular weight excluding hydrogens is 433 g/mol. The topological polar surface area (TPSA) is 86.8 Å². The molecule has 2 amide bonds. The van der Waals surface area contributed by atoms with E-state index in [-0.39, 0.29) is 12.5 Å². The van der Waals surface area contributed by atoms with E-state index in [9.17, 15) is 22.4 Å². The van der Waals surface area contributed by atoms with Gasteiger partial charge in [0.2, 0.25) is 21.8 Å². The third-order valence-corrected chi connectivity index (χ3v) is 6.10. The van der Waals surface area contributed by atoms with Crippen LogP contribution in [0.4, 0.5) is 10.1 Å². The molecule has 0 radical (unpaired) electrons. The van der Waals surface area contributed by atoms with Crippen LogP contribution in [0.25, 0.3) is 0 Å². The lowest BCUT2D eigenvalue weighted by atomic mass is 10.1. The van der Waals surface area contributed by atoms with Gasteiger partial charge in [-0.05, 0) is 68.7 Å². The highest BCUT2D eigenvalue weighted by Crippen LogP contribution is 2.22. The second kappa shape index (κ2) is 10.6. The highest BCUT2D eigenvalue weighted by atomic mass is 32.2. The first-order valence-electron chi connectivity index (χ1n) is 10.3. The summed E-state index contributed by atoms with van der Waals surface area (Å²) in [6.07, 6.45) is 1.04. The van der Waals surface area contributed by atoms with Crippen molar-refractivity contribution >= 4 is 27.5 Å². The van der Waals surface area contributed by atoms with E-state index in [1.54, 1.807) is 26.0 Å². The zero-order chi connectivity index (χ0) is 24.1. The van der Waals surface area contributed by atoms with E-state index in [0.717, 1.165) is 21.7 Å². The third-order valence-electron chi connectivity index (χ3n) is 4.96. The lowest BCUT2D eigenvalue weighted by Gasteiger charge is -2.31. The van der Waals surface area contributed by atoms with Gasteiger partial charge in [-0.15, -0.1) is 0 Å². The fourth-order valence-electron chi connectivity index (χ4n) is 3.40. The van der Waals surface area contributed by atoms with Crippen molar-refractivity contribution in [2.24, 2.45) is 0 Å². The molecule has 0 heterocycles. The molecule has 0 fully saturated rings. The smallest absolute Gasteiger partial charge is 0.244 e. The number of sulfonamides is 1. The number of halogens is 1. The van der Waals surface area contributed by atoms with Gasteiger partial charge in [-0.1, -0.05) is 18.2 Å². The number of aryl methyl sites for hydroxylation is 2. The second-order valence-corrected chi connectivity index (χ2v) is 9.74. The number of rotatable bonds is 9. The SMILES string of the molecule is CCNC(=O)[C@@H](C)N(Cc1ccc(F)cc1)C(=O)CN(c1cc(C)cc(C)c1)S(C)(=O)=O. The molecule has 0 bridgehead atoms. The molecular formula is C23H30FN3O4S.